The minimum absolute atomic E-state index is 0.335. The van der Waals surface area contributed by atoms with Crippen LogP contribution in [-0.4, -0.2) is 46.4 Å². The second-order valence-corrected chi connectivity index (χ2v) is 7.16. The summed E-state index contributed by atoms with van der Waals surface area (Å²) in [6.07, 6.45) is 5.04. The molecule has 2 atom stereocenters. The van der Waals surface area contributed by atoms with Gasteiger partial charge in [0.25, 0.3) is 0 Å². The Morgan fingerprint density at radius 3 is 2.95 bits per heavy atom. The van der Waals surface area contributed by atoms with Crippen molar-refractivity contribution >= 4 is 5.91 Å². The number of amides is 1. The molecular formula is C18H27N3O. The number of likely N-dealkylation sites (tertiary alicyclic amines) is 2. The van der Waals surface area contributed by atoms with Crippen LogP contribution < -0.4 is 0 Å². The number of pyridine rings is 1. The van der Waals surface area contributed by atoms with Crippen LogP contribution in [0, 0.1) is 11.8 Å². The first-order valence-electron chi connectivity index (χ1n) is 8.55. The van der Waals surface area contributed by atoms with Crippen LogP contribution in [0.15, 0.2) is 24.4 Å². The Bertz CT molecular complexity index is 502. The summed E-state index contributed by atoms with van der Waals surface area (Å²) < 4.78 is 0. The Kier molecular flexibility index (Phi) is 4.77. The molecule has 0 bridgehead atoms. The van der Waals surface area contributed by atoms with E-state index in [1.165, 1.54) is 12.8 Å². The minimum atomic E-state index is 0.335. The Labute approximate surface area is 133 Å². The van der Waals surface area contributed by atoms with Crippen LogP contribution in [0.25, 0.3) is 0 Å². The van der Waals surface area contributed by atoms with Gasteiger partial charge in [0, 0.05) is 38.3 Å². The zero-order valence-electron chi connectivity index (χ0n) is 13.7. The number of aromatic nitrogens is 1. The molecule has 0 aromatic carbocycles. The van der Waals surface area contributed by atoms with Gasteiger partial charge in [-0.25, -0.2) is 0 Å². The highest BCUT2D eigenvalue weighted by Gasteiger charge is 2.40. The van der Waals surface area contributed by atoms with Gasteiger partial charge in [-0.1, -0.05) is 19.9 Å². The fourth-order valence-corrected chi connectivity index (χ4v) is 3.85. The molecule has 0 spiro atoms. The first kappa shape index (κ1) is 15.5. The van der Waals surface area contributed by atoms with Crippen LogP contribution in [0.1, 0.15) is 38.8 Å². The second-order valence-electron chi connectivity index (χ2n) is 7.16. The normalized spacial score (nSPS) is 25.5. The third-order valence-corrected chi connectivity index (χ3v) is 4.92. The zero-order chi connectivity index (χ0) is 15.5. The molecule has 0 saturated carbocycles. The molecule has 0 N–H and O–H groups in total. The molecule has 4 heteroatoms. The van der Waals surface area contributed by atoms with E-state index < -0.39 is 0 Å². The molecule has 0 radical (unpaired) electrons. The molecule has 2 saturated heterocycles. The highest BCUT2D eigenvalue weighted by atomic mass is 16.2. The molecule has 3 heterocycles. The second kappa shape index (κ2) is 6.78. The van der Waals surface area contributed by atoms with Crippen LogP contribution in [-0.2, 0) is 11.3 Å². The van der Waals surface area contributed by atoms with Crippen LogP contribution >= 0.6 is 0 Å². The van der Waals surface area contributed by atoms with Crippen molar-refractivity contribution in [2.75, 3.05) is 19.6 Å². The summed E-state index contributed by atoms with van der Waals surface area (Å²) in [5.41, 5.74) is 1.13. The lowest BCUT2D eigenvalue weighted by Crippen LogP contribution is -2.44. The predicted octanol–water partition coefficient (Wildman–Crippen LogP) is 2.55. The largest absolute Gasteiger partial charge is 0.341 e. The highest BCUT2D eigenvalue weighted by molar-refractivity contribution is 5.76. The van der Waals surface area contributed by atoms with Crippen molar-refractivity contribution in [3.05, 3.63) is 30.1 Å². The number of rotatable bonds is 4. The summed E-state index contributed by atoms with van der Waals surface area (Å²) in [6.45, 7) is 8.14. The molecule has 1 aromatic rings. The number of fused-ring (bicyclic) bond motifs is 1. The monoisotopic (exact) mass is 301 g/mol. The predicted molar refractivity (Wildman–Crippen MR) is 87.2 cm³/mol. The van der Waals surface area contributed by atoms with Crippen molar-refractivity contribution < 1.29 is 4.79 Å². The van der Waals surface area contributed by atoms with Crippen molar-refractivity contribution in [1.29, 1.82) is 0 Å². The molecular weight excluding hydrogens is 274 g/mol. The molecule has 4 nitrogen and oxygen atoms in total. The lowest BCUT2D eigenvalue weighted by Gasteiger charge is -2.36. The van der Waals surface area contributed by atoms with E-state index in [9.17, 15) is 4.79 Å². The molecule has 1 amide bonds. The lowest BCUT2D eigenvalue weighted by atomic mass is 9.92. The molecule has 2 aliphatic rings. The Hall–Kier alpha value is -1.42. The van der Waals surface area contributed by atoms with Gasteiger partial charge in [0.1, 0.15) is 0 Å². The summed E-state index contributed by atoms with van der Waals surface area (Å²) in [5, 5.41) is 0. The number of nitrogens with zero attached hydrogens (tertiary/aromatic N) is 3. The molecule has 3 rings (SSSR count). The standard InChI is InChI=1S/C18H27N3O/c1-14(2)10-18(22)21-11-15-6-5-9-20(17(15)13-21)12-16-7-3-4-8-19-16/h3-4,7-8,14-15,17H,5-6,9-13H2,1-2H3/t15-,17+/m1/s1. The highest BCUT2D eigenvalue weighted by Crippen LogP contribution is 2.32. The van der Waals surface area contributed by atoms with E-state index in [1.54, 1.807) is 0 Å². The fourth-order valence-electron chi connectivity index (χ4n) is 3.85. The molecule has 2 aliphatic heterocycles. The summed E-state index contributed by atoms with van der Waals surface area (Å²) in [5.74, 6) is 1.43. The van der Waals surface area contributed by atoms with Gasteiger partial charge in [0.2, 0.25) is 5.91 Å². The van der Waals surface area contributed by atoms with Gasteiger partial charge in [-0.15, -0.1) is 0 Å². The van der Waals surface area contributed by atoms with Crippen LogP contribution in [0.2, 0.25) is 0 Å². The van der Waals surface area contributed by atoms with Gasteiger partial charge in [-0.05, 0) is 43.4 Å². The van der Waals surface area contributed by atoms with Crippen LogP contribution in [0.5, 0.6) is 0 Å². The molecule has 120 valence electrons. The van der Waals surface area contributed by atoms with E-state index in [2.05, 4.69) is 40.8 Å². The lowest BCUT2D eigenvalue weighted by molar-refractivity contribution is -0.131. The van der Waals surface area contributed by atoms with E-state index in [0.29, 0.717) is 30.2 Å². The van der Waals surface area contributed by atoms with Gasteiger partial charge >= 0.3 is 0 Å². The quantitative estimate of drug-likeness (QED) is 0.857. The van der Waals surface area contributed by atoms with Crippen molar-refractivity contribution in [2.24, 2.45) is 11.8 Å². The first-order valence-corrected chi connectivity index (χ1v) is 8.55. The van der Waals surface area contributed by atoms with Crippen molar-refractivity contribution in [3.63, 3.8) is 0 Å². The Balaban J connectivity index is 1.64. The molecule has 0 unspecified atom stereocenters. The van der Waals surface area contributed by atoms with E-state index in [1.807, 2.05) is 12.3 Å². The van der Waals surface area contributed by atoms with E-state index in [-0.39, 0.29) is 0 Å². The van der Waals surface area contributed by atoms with E-state index in [4.69, 9.17) is 0 Å². The average molecular weight is 301 g/mol. The SMILES string of the molecule is CC(C)CC(=O)N1C[C@H]2CCCN(Cc3ccccn3)[C@H]2C1. The maximum Gasteiger partial charge on any atom is 0.222 e. The van der Waals surface area contributed by atoms with Crippen molar-refractivity contribution in [1.82, 2.24) is 14.8 Å². The molecule has 2 fully saturated rings. The summed E-state index contributed by atoms with van der Waals surface area (Å²) >= 11 is 0. The Morgan fingerprint density at radius 1 is 1.36 bits per heavy atom. The van der Waals surface area contributed by atoms with Gasteiger partial charge in [-0.3, -0.25) is 14.7 Å². The summed E-state index contributed by atoms with van der Waals surface area (Å²) in [7, 11) is 0. The number of carbonyl (C=O) groups excluding carboxylic acids is 1. The number of hydrogen-bond donors (Lipinski definition) is 0. The van der Waals surface area contributed by atoms with Crippen LogP contribution in [0.3, 0.4) is 0 Å². The molecule has 0 aliphatic carbocycles. The van der Waals surface area contributed by atoms with Gasteiger partial charge in [0.05, 0.1) is 5.69 Å². The van der Waals surface area contributed by atoms with Crippen LogP contribution in [0.4, 0.5) is 0 Å². The van der Waals surface area contributed by atoms with Crippen molar-refractivity contribution in [2.45, 2.75) is 45.7 Å². The third kappa shape index (κ3) is 3.49. The number of hydrogen-bond acceptors (Lipinski definition) is 3. The molecule has 22 heavy (non-hydrogen) atoms. The minimum Gasteiger partial charge on any atom is -0.341 e. The maximum absolute atomic E-state index is 12.4. The van der Waals surface area contributed by atoms with Gasteiger partial charge in [0.15, 0.2) is 0 Å². The number of piperidine rings is 1. The average Bonchev–Trinajstić information content (AvgIpc) is 2.93. The molecule has 1 aromatic heterocycles. The van der Waals surface area contributed by atoms with E-state index in [0.717, 1.165) is 31.9 Å². The summed E-state index contributed by atoms with van der Waals surface area (Å²) in [4.78, 5) is 21.5. The van der Waals surface area contributed by atoms with E-state index >= 15 is 0 Å². The Morgan fingerprint density at radius 2 is 2.23 bits per heavy atom. The van der Waals surface area contributed by atoms with Crippen molar-refractivity contribution in [3.8, 4) is 0 Å². The number of carbonyl (C=O) groups is 1. The zero-order valence-corrected chi connectivity index (χ0v) is 13.7. The van der Waals surface area contributed by atoms with Gasteiger partial charge in [-0.2, -0.15) is 0 Å². The fraction of sp³-hybridized carbons (Fsp3) is 0.667. The summed E-state index contributed by atoms with van der Waals surface area (Å²) in [6, 6.07) is 6.63. The third-order valence-electron chi connectivity index (χ3n) is 4.92. The van der Waals surface area contributed by atoms with Gasteiger partial charge < -0.3 is 4.90 Å². The topological polar surface area (TPSA) is 36.4 Å². The smallest absolute Gasteiger partial charge is 0.222 e. The first-order chi connectivity index (χ1) is 10.6. The maximum atomic E-state index is 12.4.